The van der Waals surface area contributed by atoms with Crippen molar-refractivity contribution in [2.45, 2.75) is 65.5 Å². The number of fused-ring (bicyclic) bond motifs is 1. The molecule has 3 aromatic rings. The van der Waals surface area contributed by atoms with E-state index in [4.69, 9.17) is 26.6 Å². The number of para-hydroxylation sites is 1. The number of rotatable bonds is 8. The number of hydrogen-bond acceptors (Lipinski definition) is 7. The molecule has 5 N–H and O–H groups in total. The number of nitrogen functional groups attached to an aromatic ring is 1. The smallest absolute Gasteiger partial charge is 0.172 e. The number of nitrogens with two attached hydrogens (primary N) is 2. The molecule has 0 spiro atoms. The van der Waals surface area contributed by atoms with Gasteiger partial charge in [0.1, 0.15) is 16.9 Å². The van der Waals surface area contributed by atoms with E-state index in [1.807, 2.05) is 35.9 Å². The number of aliphatic hydroxyl groups excluding tert-OH is 1. The molecule has 30 heavy (non-hydrogen) atoms. The molecule has 3 rings (SSSR count). The Hall–Kier alpha value is -2.71. The molecule has 162 valence electrons. The summed E-state index contributed by atoms with van der Waals surface area (Å²) in [5, 5.41) is 16.3. The molecule has 8 nitrogen and oxygen atoms in total. The van der Waals surface area contributed by atoms with E-state index in [9.17, 15) is 5.11 Å². The first-order valence-corrected chi connectivity index (χ1v) is 10.5. The number of hydrogen-bond donors (Lipinski definition) is 3. The Morgan fingerprint density at radius 2 is 1.83 bits per heavy atom. The minimum absolute atomic E-state index is 0.0209. The van der Waals surface area contributed by atoms with Crippen LogP contribution in [0.4, 0.5) is 11.5 Å². The van der Waals surface area contributed by atoms with Gasteiger partial charge in [0.25, 0.3) is 0 Å². The topological polar surface area (TPSA) is 119 Å². The first kappa shape index (κ1) is 22.0. The lowest BCUT2D eigenvalue weighted by Crippen LogP contribution is -2.32. The highest BCUT2D eigenvalue weighted by Crippen LogP contribution is 2.33. The molecule has 0 aliphatic rings. The Morgan fingerprint density at radius 3 is 2.40 bits per heavy atom. The predicted octanol–water partition coefficient (Wildman–Crippen LogP) is 3.48. The summed E-state index contributed by atoms with van der Waals surface area (Å²) in [6.07, 6.45) is 0.729. The monoisotopic (exact) mass is 411 g/mol. The molecule has 0 amide bonds. The summed E-state index contributed by atoms with van der Waals surface area (Å²) in [5.41, 5.74) is 10.2. The van der Waals surface area contributed by atoms with E-state index in [0.29, 0.717) is 23.9 Å². The van der Waals surface area contributed by atoms with E-state index in [2.05, 4.69) is 27.7 Å². The molecule has 0 fully saturated rings. The molecule has 0 saturated carbocycles. The Kier molecular flexibility index (Phi) is 6.58. The maximum atomic E-state index is 9.86. The minimum Gasteiger partial charge on any atom is -0.398 e. The van der Waals surface area contributed by atoms with Gasteiger partial charge in [0.05, 0.1) is 18.8 Å². The zero-order valence-corrected chi connectivity index (χ0v) is 18.5. The van der Waals surface area contributed by atoms with Crippen molar-refractivity contribution in [2.75, 3.05) is 17.3 Å². The lowest BCUT2D eigenvalue weighted by Gasteiger charge is -2.22. The van der Waals surface area contributed by atoms with Gasteiger partial charge in [-0.2, -0.15) is 5.10 Å². The highest BCUT2D eigenvalue weighted by molar-refractivity contribution is 5.88. The summed E-state index contributed by atoms with van der Waals surface area (Å²) in [5.74, 6) is 7.76. The molecule has 0 radical (unpaired) electrons. The summed E-state index contributed by atoms with van der Waals surface area (Å²) >= 11 is 0. The van der Waals surface area contributed by atoms with E-state index in [-0.39, 0.29) is 24.5 Å². The second-order valence-corrected chi connectivity index (χ2v) is 8.30. The fraction of sp³-hybridized carbons (Fsp3) is 0.500. The molecule has 8 heteroatoms. The SMILES string of the molecule is CCC(CO)c1nc(N(N)Cc2ccccc2N)c2c(n1)c(C(C)C)nn2C(C)C. The third kappa shape index (κ3) is 4.11. The van der Waals surface area contributed by atoms with Crippen LogP contribution in [0.25, 0.3) is 11.0 Å². The van der Waals surface area contributed by atoms with Crippen LogP contribution in [0.1, 0.15) is 76.0 Å². The number of aromatic nitrogens is 4. The number of aliphatic hydroxyl groups is 1. The molecule has 0 saturated heterocycles. The first-order chi connectivity index (χ1) is 14.3. The van der Waals surface area contributed by atoms with Gasteiger partial charge in [0.2, 0.25) is 0 Å². The number of anilines is 2. The van der Waals surface area contributed by atoms with Crippen molar-refractivity contribution in [1.82, 2.24) is 19.7 Å². The van der Waals surface area contributed by atoms with Gasteiger partial charge in [-0.1, -0.05) is 39.0 Å². The second kappa shape index (κ2) is 8.97. The summed E-state index contributed by atoms with van der Waals surface area (Å²) < 4.78 is 1.94. The van der Waals surface area contributed by atoms with Crippen LogP contribution in [0, 0.1) is 0 Å². The molecule has 2 aromatic heterocycles. The average Bonchev–Trinajstić information content (AvgIpc) is 3.10. The highest BCUT2D eigenvalue weighted by Gasteiger charge is 2.26. The normalized spacial score (nSPS) is 12.8. The van der Waals surface area contributed by atoms with E-state index in [1.54, 1.807) is 5.01 Å². The molecule has 0 bridgehead atoms. The Labute approximate surface area is 177 Å². The Bertz CT molecular complexity index is 1010. The quantitative estimate of drug-likeness (QED) is 0.295. The zero-order chi connectivity index (χ0) is 22.0. The van der Waals surface area contributed by atoms with Gasteiger partial charge in [0.15, 0.2) is 5.82 Å². The van der Waals surface area contributed by atoms with Gasteiger partial charge in [0, 0.05) is 17.6 Å². The largest absolute Gasteiger partial charge is 0.398 e. The van der Waals surface area contributed by atoms with Crippen LogP contribution in [0.3, 0.4) is 0 Å². The molecule has 0 aliphatic carbocycles. The number of nitrogens with zero attached hydrogens (tertiary/aromatic N) is 5. The van der Waals surface area contributed by atoms with E-state index >= 15 is 0 Å². The van der Waals surface area contributed by atoms with Crippen molar-refractivity contribution in [2.24, 2.45) is 5.84 Å². The highest BCUT2D eigenvalue weighted by atomic mass is 16.3. The summed E-state index contributed by atoms with van der Waals surface area (Å²) in [7, 11) is 0. The van der Waals surface area contributed by atoms with Crippen LogP contribution in [-0.4, -0.2) is 31.5 Å². The fourth-order valence-electron chi connectivity index (χ4n) is 3.54. The Morgan fingerprint density at radius 1 is 1.13 bits per heavy atom. The summed E-state index contributed by atoms with van der Waals surface area (Å²) in [6.45, 7) is 10.7. The van der Waals surface area contributed by atoms with Gasteiger partial charge in [-0.15, -0.1) is 0 Å². The second-order valence-electron chi connectivity index (χ2n) is 8.30. The molecule has 1 aromatic carbocycles. The van der Waals surface area contributed by atoms with Gasteiger partial charge in [-0.25, -0.2) is 15.8 Å². The van der Waals surface area contributed by atoms with Crippen LogP contribution < -0.4 is 16.6 Å². The fourth-order valence-corrected chi connectivity index (χ4v) is 3.54. The van der Waals surface area contributed by atoms with Crippen molar-refractivity contribution < 1.29 is 5.11 Å². The summed E-state index contributed by atoms with van der Waals surface area (Å²) in [4.78, 5) is 9.66. The van der Waals surface area contributed by atoms with E-state index in [0.717, 1.165) is 28.7 Å². The molecule has 0 aliphatic heterocycles. The zero-order valence-electron chi connectivity index (χ0n) is 18.5. The van der Waals surface area contributed by atoms with E-state index < -0.39 is 0 Å². The maximum Gasteiger partial charge on any atom is 0.172 e. The number of hydrazine groups is 1. The predicted molar refractivity (Wildman–Crippen MR) is 121 cm³/mol. The van der Waals surface area contributed by atoms with Crippen molar-refractivity contribution in [1.29, 1.82) is 0 Å². The average molecular weight is 412 g/mol. The van der Waals surface area contributed by atoms with Crippen molar-refractivity contribution in [3.05, 3.63) is 41.3 Å². The lowest BCUT2D eigenvalue weighted by atomic mass is 10.1. The first-order valence-electron chi connectivity index (χ1n) is 10.5. The summed E-state index contributed by atoms with van der Waals surface area (Å²) in [6, 6.07) is 7.77. The molecular weight excluding hydrogens is 378 g/mol. The molecule has 2 heterocycles. The maximum absolute atomic E-state index is 9.86. The lowest BCUT2D eigenvalue weighted by molar-refractivity contribution is 0.258. The molecule has 1 unspecified atom stereocenters. The van der Waals surface area contributed by atoms with Gasteiger partial charge in [-0.3, -0.25) is 9.69 Å². The molecular formula is C22H33N7O. The van der Waals surface area contributed by atoms with Crippen molar-refractivity contribution in [3.63, 3.8) is 0 Å². The van der Waals surface area contributed by atoms with Crippen LogP contribution in [-0.2, 0) is 6.54 Å². The van der Waals surface area contributed by atoms with Crippen LogP contribution >= 0.6 is 0 Å². The van der Waals surface area contributed by atoms with Gasteiger partial charge in [-0.05, 0) is 37.8 Å². The van der Waals surface area contributed by atoms with Crippen LogP contribution in [0.2, 0.25) is 0 Å². The van der Waals surface area contributed by atoms with Crippen LogP contribution in [0.15, 0.2) is 24.3 Å². The van der Waals surface area contributed by atoms with Gasteiger partial charge >= 0.3 is 0 Å². The molecule has 1 atom stereocenters. The van der Waals surface area contributed by atoms with Crippen molar-refractivity contribution in [3.8, 4) is 0 Å². The van der Waals surface area contributed by atoms with E-state index in [1.165, 1.54) is 0 Å². The standard InChI is InChI=1S/C22H33N7O/c1-6-15(12-30)21-25-19-18(13(2)3)27-29(14(4)5)20(19)22(26-21)28(24)11-16-9-7-8-10-17(16)23/h7-10,13-15,30H,6,11-12,23-24H2,1-5H3. The number of benzene rings is 1. The van der Waals surface area contributed by atoms with Crippen LogP contribution in [0.5, 0.6) is 0 Å². The minimum atomic E-state index is -0.161. The third-order valence-corrected chi connectivity index (χ3v) is 5.35. The third-order valence-electron chi connectivity index (χ3n) is 5.35. The van der Waals surface area contributed by atoms with Gasteiger partial charge < -0.3 is 10.8 Å². The van der Waals surface area contributed by atoms with Crippen molar-refractivity contribution >= 4 is 22.5 Å². The Balaban J connectivity index is 2.24.